The van der Waals surface area contributed by atoms with E-state index in [-0.39, 0.29) is 48.5 Å². The molecule has 0 spiro atoms. The van der Waals surface area contributed by atoms with E-state index in [1.165, 1.54) is 6.07 Å². The van der Waals surface area contributed by atoms with E-state index in [2.05, 4.69) is 10.3 Å². The molecule has 1 unspecified atom stereocenters. The first-order valence-electron chi connectivity index (χ1n) is 8.27. The second-order valence-corrected chi connectivity index (χ2v) is 6.21. The number of hydrogen-bond acceptors (Lipinski definition) is 3. The number of carbonyl (C=O) groups is 1. The molecule has 6 nitrogen and oxygen atoms in total. The molecule has 138 valence electrons. The van der Waals surface area contributed by atoms with Gasteiger partial charge in [-0.05, 0) is 18.9 Å². The Morgan fingerprint density at radius 3 is 2.72 bits per heavy atom. The number of nitrogens with one attached hydrogen (secondary N) is 1. The summed E-state index contributed by atoms with van der Waals surface area (Å²) in [5.74, 6) is 0.227. The average molecular weight is 462 g/mol. The van der Waals surface area contributed by atoms with Gasteiger partial charge in [0.1, 0.15) is 5.82 Å². The van der Waals surface area contributed by atoms with Crippen LogP contribution in [0.25, 0.3) is 0 Å². The molecule has 25 heavy (non-hydrogen) atoms. The molecule has 1 saturated heterocycles. The van der Waals surface area contributed by atoms with Crippen LogP contribution in [0.3, 0.4) is 0 Å². The lowest BCUT2D eigenvalue weighted by atomic mass is 10.1. The zero-order chi connectivity index (χ0) is 17.1. The van der Waals surface area contributed by atoms with Gasteiger partial charge in [0.25, 0.3) is 0 Å². The molecule has 0 radical (unpaired) electrons. The highest BCUT2D eigenvalue weighted by molar-refractivity contribution is 14.0. The Morgan fingerprint density at radius 1 is 1.40 bits per heavy atom. The summed E-state index contributed by atoms with van der Waals surface area (Å²) in [5, 5.41) is 13.2. The summed E-state index contributed by atoms with van der Waals surface area (Å²) in [6.07, 6.45) is 1.23. The smallest absolute Gasteiger partial charge is 0.242 e. The molecular weight excluding hydrogens is 438 g/mol. The second kappa shape index (κ2) is 8.79. The Balaban J connectivity index is 0.00000225. The largest absolute Gasteiger partial charge is 0.386 e. The maximum absolute atomic E-state index is 13.7. The lowest BCUT2D eigenvalue weighted by molar-refractivity contribution is -0.135. The van der Waals surface area contributed by atoms with E-state index in [0.717, 1.165) is 12.8 Å². The standard InChI is InChI=1S/C17H23FN4O2.HI/c1-19-17(20-10-15(23)13-4-2-3-5-14(13)18)21-8-9-22(12-6-7-12)16(24)11-21;/h2-5,12,15,23H,6-11H2,1H3,(H,19,20);1H. The van der Waals surface area contributed by atoms with Gasteiger partial charge in [0.2, 0.25) is 5.91 Å². The quantitative estimate of drug-likeness (QED) is 0.403. The molecule has 1 saturated carbocycles. The lowest BCUT2D eigenvalue weighted by Crippen LogP contribution is -2.56. The number of amides is 1. The van der Waals surface area contributed by atoms with Gasteiger partial charge in [0, 0.05) is 38.3 Å². The molecule has 1 aliphatic carbocycles. The van der Waals surface area contributed by atoms with Gasteiger partial charge in [-0.3, -0.25) is 9.79 Å². The normalized spacial score (nSPS) is 19.5. The van der Waals surface area contributed by atoms with Gasteiger partial charge in [-0.15, -0.1) is 24.0 Å². The minimum atomic E-state index is -0.980. The summed E-state index contributed by atoms with van der Waals surface area (Å²) >= 11 is 0. The van der Waals surface area contributed by atoms with E-state index >= 15 is 0 Å². The number of aliphatic hydroxyl groups is 1. The van der Waals surface area contributed by atoms with Crippen molar-refractivity contribution in [3.8, 4) is 0 Å². The van der Waals surface area contributed by atoms with Crippen LogP contribution in [0.1, 0.15) is 24.5 Å². The van der Waals surface area contributed by atoms with Crippen molar-refractivity contribution in [1.82, 2.24) is 15.1 Å². The minimum absolute atomic E-state index is 0. The van der Waals surface area contributed by atoms with Crippen LogP contribution in [0.5, 0.6) is 0 Å². The fourth-order valence-electron chi connectivity index (χ4n) is 3.02. The summed E-state index contributed by atoms with van der Waals surface area (Å²) in [7, 11) is 1.63. The van der Waals surface area contributed by atoms with Crippen molar-refractivity contribution in [2.45, 2.75) is 25.0 Å². The van der Waals surface area contributed by atoms with E-state index in [1.807, 2.05) is 9.80 Å². The van der Waals surface area contributed by atoms with Crippen LogP contribution in [0.4, 0.5) is 4.39 Å². The van der Waals surface area contributed by atoms with E-state index in [9.17, 15) is 14.3 Å². The number of benzene rings is 1. The zero-order valence-corrected chi connectivity index (χ0v) is 16.5. The molecule has 2 aliphatic rings. The molecular formula is C17H24FIN4O2. The first kappa shape index (κ1) is 19.9. The Kier molecular flexibility index (Phi) is 7.00. The van der Waals surface area contributed by atoms with Crippen molar-refractivity contribution in [3.05, 3.63) is 35.6 Å². The number of hydrogen-bond donors (Lipinski definition) is 2. The SMILES string of the molecule is CN=C(NCC(O)c1ccccc1F)N1CCN(C2CC2)C(=O)C1.I. The summed E-state index contributed by atoms with van der Waals surface area (Å²) in [5.41, 5.74) is 0.245. The van der Waals surface area contributed by atoms with Crippen LogP contribution >= 0.6 is 24.0 Å². The number of halogens is 2. The third kappa shape index (κ3) is 4.81. The summed E-state index contributed by atoms with van der Waals surface area (Å²) in [6, 6.07) is 6.58. The molecule has 1 amide bonds. The number of nitrogens with zero attached hydrogens (tertiary/aromatic N) is 3. The van der Waals surface area contributed by atoms with Crippen LogP contribution in [0, 0.1) is 5.82 Å². The minimum Gasteiger partial charge on any atom is -0.386 e. The maximum atomic E-state index is 13.7. The van der Waals surface area contributed by atoms with Crippen molar-refractivity contribution in [1.29, 1.82) is 0 Å². The lowest BCUT2D eigenvalue weighted by Gasteiger charge is -2.36. The van der Waals surface area contributed by atoms with Gasteiger partial charge in [-0.2, -0.15) is 0 Å². The zero-order valence-electron chi connectivity index (χ0n) is 14.2. The Labute approximate surface area is 164 Å². The fraction of sp³-hybridized carbons (Fsp3) is 0.529. The highest BCUT2D eigenvalue weighted by Crippen LogP contribution is 2.28. The Bertz CT molecular complexity index is 639. The van der Waals surface area contributed by atoms with Gasteiger partial charge < -0.3 is 20.2 Å². The summed E-state index contributed by atoms with van der Waals surface area (Å²) in [4.78, 5) is 20.2. The predicted octanol–water partition coefficient (Wildman–Crippen LogP) is 1.36. The van der Waals surface area contributed by atoms with Crippen molar-refractivity contribution in [2.24, 2.45) is 4.99 Å². The highest BCUT2D eigenvalue weighted by atomic mass is 127. The van der Waals surface area contributed by atoms with Crippen LogP contribution in [0.2, 0.25) is 0 Å². The van der Waals surface area contributed by atoms with Crippen molar-refractivity contribution >= 4 is 35.8 Å². The van der Waals surface area contributed by atoms with E-state index in [1.54, 1.807) is 25.2 Å². The van der Waals surface area contributed by atoms with Gasteiger partial charge in [0.15, 0.2) is 5.96 Å². The average Bonchev–Trinajstić information content (AvgIpc) is 3.40. The molecule has 1 aliphatic heterocycles. The van der Waals surface area contributed by atoms with E-state index in [0.29, 0.717) is 25.1 Å². The van der Waals surface area contributed by atoms with Crippen LogP contribution in [-0.2, 0) is 4.79 Å². The van der Waals surface area contributed by atoms with Crippen molar-refractivity contribution in [3.63, 3.8) is 0 Å². The van der Waals surface area contributed by atoms with E-state index in [4.69, 9.17) is 0 Å². The second-order valence-electron chi connectivity index (χ2n) is 6.21. The van der Waals surface area contributed by atoms with Crippen LogP contribution in [-0.4, -0.2) is 66.0 Å². The molecule has 1 aromatic carbocycles. The number of carbonyl (C=O) groups excluding carboxylic acids is 1. The summed E-state index contributed by atoms with van der Waals surface area (Å²) in [6.45, 7) is 1.81. The topological polar surface area (TPSA) is 68.2 Å². The van der Waals surface area contributed by atoms with Crippen molar-refractivity contribution in [2.75, 3.05) is 33.2 Å². The monoisotopic (exact) mass is 462 g/mol. The molecule has 8 heteroatoms. The molecule has 2 fully saturated rings. The van der Waals surface area contributed by atoms with Gasteiger partial charge in [0.05, 0.1) is 12.6 Å². The number of aliphatic hydroxyl groups excluding tert-OH is 1. The number of piperazine rings is 1. The molecule has 0 bridgehead atoms. The maximum Gasteiger partial charge on any atom is 0.242 e. The Hall–Kier alpha value is -1.42. The molecule has 1 atom stereocenters. The fourth-order valence-corrected chi connectivity index (χ4v) is 3.02. The highest BCUT2D eigenvalue weighted by Gasteiger charge is 2.36. The number of aliphatic imine (C=N–C) groups is 1. The Morgan fingerprint density at radius 2 is 2.12 bits per heavy atom. The van der Waals surface area contributed by atoms with E-state index < -0.39 is 11.9 Å². The molecule has 2 N–H and O–H groups in total. The third-order valence-electron chi connectivity index (χ3n) is 4.47. The van der Waals surface area contributed by atoms with Gasteiger partial charge in [-0.25, -0.2) is 4.39 Å². The molecule has 1 heterocycles. The first-order valence-corrected chi connectivity index (χ1v) is 8.27. The van der Waals surface area contributed by atoms with Crippen LogP contribution < -0.4 is 5.32 Å². The predicted molar refractivity (Wildman–Crippen MR) is 104 cm³/mol. The first-order chi connectivity index (χ1) is 11.6. The molecule has 1 aromatic rings. The van der Waals surface area contributed by atoms with Crippen LogP contribution in [0.15, 0.2) is 29.3 Å². The molecule has 0 aromatic heterocycles. The number of guanidine groups is 1. The van der Waals surface area contributed by atoms with Gasteiger partial charge >= 0.3 is 0 Å². The number of rotatable bonds is 4. The molecule has 3 rings (SSSR count). The summed E-state index contributed by atoms with van der Waals surface area (Å²) < 4.78 is 13.7. The van der Waals surface area contributed by atoms with Gasteiger partial charge in [-0.1, -0.05) is 18.2 Å². The third-order valence-corrected chi connectivity index (χ3v) is 4.47. The van der Waals surface area contributed by atoms with Crippen molar-refractivity contribution < 1.29 is 14.3 Å².